The van der Waals surface area contributed by atoms with Crippen molar-refractivity contribution in [2.75, 3.05) is 31.9 Å². The van der Waals surface area contributed by atoms with Gasteiger partial charge in [-0.1, -0.05) is 6.92 Å². The zero-order valence-electron chi connectivity index (χ0n) is 11.0. The third-order valence-electron chi connectivity index (χ3n) is 3.50. The maximum Gasteiger partial charge on any atom is 0.255 e. The molecule has 1 aromatic heterocycles. The number of pyridine rings is 1. The second-order valence-electron chi connectivity index (χ2n) is 4.84. The number of carbonyl (C=O) groups excluding carboxylic acids is 1. The monoisotopic (exact) mass is 266 g/mol. The van der Waals surface area contributed by atoms with E-state index in [9.17, 15) is 9.18 Å². The normalized spacial score (nSPS) is 19.6. The van der Waals surface area contributed by atoms with Crippen LogP contribution in [0.2, 0.25) is 0 Å². The Bertz CT molecular complexity index is 466. The molecular formula is C13H19FN4O. The van der Waals surface area contributed by atoms with E-state index in [1.54, 1.807) is 0 Å². The van der Waals surface area contributed by atoms with E-state index >= 15 is 0 Å². The highest BCUT2D eigenvalue weighted by Crippen LogP contribution is 2.15. The second-order valence-corrected chi connectivity index (χ2v) is 4.84. The molecule has 0 radical (unpaired) electrons. The van der Waals surface area contributed by atoms with Gasteiger partial charge in [0.05, 0.1) is 11.8 Å². The Labute approximate surface area is 112 Å². The smallest absolute Gasteiger partial charge is 0.255 e. The summed E-state index contributed by atoms with van der Waals surface area (Å²) in [6.45, 7) is 5.81. The number of rotatable bonds is 4. The van der Waals surface area contributed by atoms with Crippen LogP contribution in [0.1, 0.15) is 23.7 Å². The molecule has 1 saturated heterocycles. The summed E-state index contributed by atoms with van der Waals surface area (Å²) in [6, 6.07) is 1.12. The van der Waals surface area contributed by atoms with Crippen LogP contribution >= 0.6 is 0 Å². The van der Waals surface area contributed by atoms with Gasteiger partial charge in [0.1, 0.15) is 11.6 Å². The van der Waals surface area contributed by atoms with Crippen molar-refractivity contribution in [1.29, 1.82) is 0 Å². The molecule has 19 heavy (non-hydrogen) atoms. The number of nitrogens with zero attached hydrogens (tertiary/aromatic N) is 2. The minimum Gasteiger partial charge on any atom is -0.383 e. The summed E-state index contributed by atoms with van der Waals surface area (Å²) in [4.78, 5) is 17.9. The van der Waals surface area contributed by atoms with Gasteiger partial charge in [-0.3, -0.25) is 4.79 Å². The number of nitrogen functional groups attached to an aromatic ring is 1. The minimum absolute atomic E-state index is 0.0560. The zero-order chi connectivity index (χ0) is 13.8. The number of carbonyl (C=O) groups is 1. The van der Waals surface area contributed by atoms with E-state index in [2.05, 4.69) is 22.1 Å². The average molecular weight is 266 g/mol. The van der Waals surface area contributed by atoms with Gasteiger partial charge in [0.2, 0.25) is 0 Å². The van der Waals surface area contributed by atoms with Gasteiger partial charge in [-0.2, -0.15) is 0 Å². The van der Waals surface area contributed by atoms with E-state index in [1.165, 1.54) is 0 Å². The Hall–Kier alpha value is -1.69. The van der Waals surface area contributed by atoms with Gasteiger partial charge in [0.25, 0.3) is 5.91 Å². The van der Waals surface area contributed by atoms with Crippen LogP contribution in [-0.2, 0) is 0 Å². The molecule has 2 rings (SSSR count). The fourth-order valence-electron chi connectivity index (χ4n) is 2.33. The summed E-state index contributed by atoms with van der Waals surface area (Å²) >= 11 is 0. The van der Waals surface area contributed by atoms with E-state index in [1.807, 2.05) is 0 Å². The third-order valence-corrected chi connectivity index (χ3v) is 3.50. The number of amides is 1. The van der Waals surface area contributed by atoms with Gasteiger partial charge in [0, 0.05) is 13.1 Å². The van der Waals surface area contributed by atoms with E-state index < -0.39 is 5.82 Å². The molecule has 0 spiro atoms. The molecule has 0 bridgehead atoms. The van der Waals surface area contributed by atoms with Gasteiger partial charge in [0.15, 0.2) is 0 Å². The number of nitrogens with one attached hydrogen (secondary N) is 1. The van der Waals surface area contributed by atoms with Crippen molar-refractivity contribution in [2.45, 2.75) is 13.3 Å². The molecule has 1 aromatic rings. The Morgan fingerprint density at radius 3 is 3.16 bits per heavy atom. The van der Waals surface area contributed by atoms with E-state index in [-0.39, 0.29) is 17.3 Å². The molecule has 2 heterocycles. The summed E-state index contributed by atoms with van der Waals surface area (Å²) in [7, 11) is 0. The molecule has 6 heteroatoms. The molecule has 5 nitrogen and oxygen atoms in total. The van der Waals surface area contributed by atoms with Crippen molar-refractivity contribution in [3.63, 3.8) is 0 Å². The van der Waals surface area contributed by atoms with Crippen LogP contribution in [0.5, 0.6) is 0 Å². The molecule has 0 aromatic carbocycles. The minimum atomic E-state index is -0.558. The lowest BCUT2D eigenvalue weighted by molar-refractivity contribution is 0.0947. The fourth-order valence-corrected chi connectivity index (χ4v) is 2.33. The van der Waals surface area contributed by atoms with Crippen molar-refractivity contribution in [2.24, 2.45) is 5.92 Å². The van der Waals surface area contributed by atoms with Crippen molar-refractivity contribution in [1.82, 2.24) is 15.2 Å². The standard InChI is InChI=1S/C13H19FN4O/c1-2-18-4-3-9(8-18)6-17-13(19)11-5-10(14)7-16-12(11)15/h5,7,9H,2-4,6,8H2,1H3,(H2,15,16)(H,17,19). The zero-order valence-corrected chi connectivity index (χ0v) is 11.0. The van der Waals surface area contributed by atoms with Crippen LogP contribution in [-0.4, -0.2) is 42.0 Å². The van der Waals surface area contributed by atoms with Crippen molar-refractivity contribution >= 4 is 11.7 Å². The topological polar surface area (TPSA) is 71.2 Å². The first-order valence-electron chi connectivity index (χ1n) is 6.51. The summed E-state index contributed by atoms with van der Waals surface area (Å²) < 4.78 is 13.0. The molecule has 1 atom stereocenters. The predicted molar refractivity (Wildman–Crippen MR) is 71.2 cm³/mol. The van der Waals surface area contributed by atoms with Crippen molar-refractivity contribution < 1.29 is 9.18 Å². The largest absolute Gasteiger partial charge is 0.383 e. The van der Waals surface area contributed by atoms with E-state index in [4.69, 9.17) is 5.73 Å². The first-order valence-corrected chi connectivity index (χ1v) is 6.51. The molecule has 104 valence electrons. The van der Waals surface area contributed by atoms with Crippen molar-refractivity contribution in [3.8, 4) is 0 Å². The molecule has 3 N–H and O–H groups in total. The van der Waals surface area contributed by atoms with E-state index in [0.717, 1.165) is 38.3 Å². The number of anilines is 1. The Morgan fingerprint density at radius 2 is 2.47 bits per heavy atom. The first kappa shape index (κ1) is 13.7. The maximum atomic E-state index is 13.0. The van der Waals surface area contributed by atoms with E-state index in [0.29, 0.717) is 12.5 Å². The summed E-state index contributed by atoms with van der Waals surface area (Å²) in [5, 5.41) is 2.80. The van der Waals surface area contributed by atoms with Gasteiger partial charge >= 0.3 is 0 Å². The second kappa shape index (κ2) is 5.97. The number of hydrogen-bond acceptors (Lipinski definition) is 4. The number of likely N-dealkylation sites (tertiary alicyclic amines) is 1. The third kappa shape index (κ3) is 3.41. The van der Waals surface area contributed by atoms with Crippen LogP contribution in [0.25, 0.3) is 0 Å². The average Bonchev–Trinajstić information content (AvgIpc) is 2.87. The number of halogens is 1. The highest BCUT2D eigenvalue weighted by atomic mass is 19.1. The molecule has 1 amide bonds. The molecular weight excluding hydrogens is 247 g/mol. The van der Waals surface area contributed by atoms with Crippen LogP contribution in [0.3, 0.4) is 0 Å². The van der Waals surface area contributed by atoms with Gasteiger partial charge in [-0.25, -0.2) is 9.37 Å². The molecule has 1 aliphatic rings. The molecule has 1 fully saturated rings. The van der Waals surface area contributed by atoms with Gasteiger partial charge in [-0.05, 0) is 31.5 Å². The first-order chi connectivity index (χ1) is 9.10. The highest BCUT2D eigenvalue weighted by molar-refractivity contribution is 5.98. The highest BCUT2D eigenvalue weighted by Gasteiger charge is 2.22. The molecule has 0 aliphatic carbocycles. The Balaban J connectivity index is 1.89. The summed E-state index contributed by atoms with van der Waals surface area (Å²) in [5.41, 5.74) is 5.67. The van der Waals surface area contributed by atoms with Gasteiger partial charge in [-0.15, -0.1) is 0 Å². The lowest BCUT2D eigenvalue weighted by atomic mass is 10.1. The predicted octanol–water partition coefficient (Wildman–Crippen LogP) is 0.875. The number of aromatic nitrogens is 1. The molecule has 1 unspecified atom stereocenters. The van der Waals surface area contributed by atoms with Crippen LogP contribution in [0.4, 0.5) is 10.2 Å². The molecule has 0 saturated carbocycles. The van der Waals surface area contributed by atoms with Crippen LogP contribution in [0.15, 0.2) is 12.3 Å². The number of hydrogen-bond donors (Lipinski definition) is 2. The maximum absolute atomic E-state index is 13.0. The van der Waals surface area contributed by atoms with Crippen LogP contribution < -0.4 is 11.1 Å². The van der Waals surface area contributed by atoms with Gasteiger partial charge < -0.3 is 16.0 Å². The summed E-state index contributed by atoms with van der Waals surface area (Å²) in [6.07, 6.45) is 2.08. The lowest BCUT2D eigenvalue weighted by Crippen LogP contribution is -2.31. The Kier molecular flexibility index (Phi) is 4.31. The summed E-state index contributed by atoms with van der Waals surface area (Å²) in [5.74, 6) is -0.413. The van der Waals surface area contributed by atoms with Crippen LogP contribution in [0, 0.1) is 11.7 Å². The number of nitrogens with two attached hydrogens (primary N) is 1. The fraction of sp³-hybridized carbons (Fsp3) is 0.538. The van der Waals surface area contributed by atoms with Crippen molar-refractivity contribution in [3.05, 3.63) is 23.6 Å². The quantitative estimate of drug-likeness (QED) is 0.848. The molecule has 1 aliphatic heterocycles. The Morgan fingerprint density at radius 1 is 1.68 bits per heavy atom. The SMILES string of the molecule is CCN1CCC(CNC(=O)c2cc(F)cnc2N)C1. The lowest BCUT2D eigenvalue weighted by Gasteiger charge is -2.14.